The summed E-state index contributed by atoms with van der Waals surface area (Å²) in [6, 6.07) is 0.335. The lowest BCUT2D eigenvalue weighted by molar-refractivity contribution is 0.121. The SMILES string of the molecule is CS(=O)(=O)N1CCc2nc(OCCCC3CCN(C(=O)O)CC3)ncc2C1. The summed E-state index contributed by atoms with van der Waals surface area (Å²) in [4.78, 5) is 21.0. The number of rotatable bonds is 6. The highest BCUT2D eigenvalue weighted by atomic mass is 32.2. The summed E-state index contributed by atoms with van der Waals surface area (Å²) in [6.07, 6.45) is 6.27. The van der Waals surface area contributed by atoms with Crippen LogP contribution < -0.4 is 4.74 Å². The molecule has 0 spiro atoms. The molecule has 27 heavy (non-hydrogen) atoms. The van der Waals surface area contributed by atoms with E-state index in [9.17, 15) is 13.2 Å². The molecule has 1 saturated heterocycles. The van der Waals surface area contributed by atoms with Crippen molar-refractivity contribution in [3.05, 3.63) is 17.5 Å². The number of carboxylic acid groups (broad SMARTS) is 1. The topological polar surface area (TPSA) is 113 Å². The molecule has 0 unspecified atom stereocenters. The van der Waals surface area contributed by atoms with Crippen molar-refractivity contribution in [2.75, 3.05) is 32.5 Å². The van der Waals surface area contributed by atoms with E-state index >= 15 is 0 Å². The second-order valence-corrected chi connectivity index (χ2v) is 9.16. The van der Waals surface area contributed by atoms with Crippen LogP contribution >= 0.6 is 0 Å². The lowest BCUT2D eigenvalue weighted by Gasteiger charge is -2.29. The van der Waals surface area contributed by atoms with Crippen LogP contribution in [0.3, 0.4) is 0 Å². The Morgan fingerprint density at radius 2 is 2.07 bits per heavy atom. The van der Waals surface area contributed by atoms with Gasteiger partial charge in [-0.15, -0.1) is 0 Å². The van der Waals surface area contributed by atoms with E-state index in [1.54, 1.807) is 6.20 Å². The smallest absolute Gasteiger partial charge is 0.407 e. The van der Waals surface area contributed by atoms with Gasteiger partial charge in [0.1, 0.15) is 0 Å². The van der Waals surface area contributed by atoms with E-state index in [1.807, 2.05) is 0 Å². The molecule has 1 fully saturated rings. The summed E-state index contributed by atoms with van der Waals surface area (Å²) in [6.45, 7) is 2.48. The van der Waals surface area contributed by atoms with E-state index in [0.29, 0.717) is 51.1 Å². The molecule has 150 valence electrons. The first-order valence-corrected chi connectivity index (χ1v) is 11.1. The van der Waals surface area contributed by atoms with Gasteiger partial charge >= 0.3 is 12.1 Å². The van der Waals surface area contributed by atoms with Crippen LogP contribution in [0.2, 0.25) is 0 Å². The minimum absolute atomic E-state index is 0.309. The minimum Gasteiger partial charge on any atom is -0.465 e. The molecule has 3 rings (SSSR count). The largest absolute Gasteiger partial charge is 0.465 e. The molecule has 0 aliphatic carbocycles. The van der Waals surface area contributed by atoms with E-state index in [-0.39, 0.29) is 0 Å². The van der Waals surface area contributed by atoms with Crippen molar-refractivity contribution >= 4 is 16.1 Å². The summed E-state index contributed by atoms with van der Waals surface area (Å²) in [5, 5.41) is 8.96. The number of likely N-dealkylation sites (tertiary alicyclic amines) is 1. The van der Waals surface area contributed by atoms with Gasteiger partial charge in [0.2, 0.25) is 10.0 Å². The van der Waals surface area contributed by atoms with Gasteiger partial charge in [0.05, 0.1) is 18.6 Å². The van der Waals surface area contributed by atoms with Gasteiger partial charge in [0, 0.05) is 44.4 Å². The molecule has 2 aliphatic heterocycles. The highest BCUT2D eigenvalue weighted by molar-refractivity contribution is 7.88. The second-order valence-electron chi connectivity index (χ2n) is 7.17. The van der Waals surface area contributed by atoms with Crippen molar-refractivity contribution in [1.82, 2.24) is 19.2 Å². The van der Waals surface area contributed by atoms with Crippen LogP contribution in [0.15, 0.2) is 6.20 Å². The van der Waals surface area contributed by atoms with Crippen LogP contribution in [0.1, 0.15) is 36.9 Å². The molecule has 1 aromatic heterocycles. The predicted molar refractivity (Wildman–Crippen MR) is 98.0 cm³/mol. The Kier molecular flexibility index (Phi) is 6.15. The number of aromatic nitrogens is 2. The maximum absolute atomic E-state index is 11.6. The van der Waals surface area contributed by atoms with Crippen molar-refractivity contribution in [1.29, 1.82) is 0 Å². The maximum Gasteiger partial charge on any atom is 0.407 e. The molecule has 2 aliphatic rings. The summed E-state index contributed by atoms with van der Waals surface area (Å²) >= 11 is 0. The first-order valence-electron chi connectivity index (χ1n) is 9.23. The van der Waals surface area contributed by atoms with E-state index in [2.05, 4.69) is 9.97 Å². The second kappa shape index (κ2) is 8.39. The fraction of sp³-hybridized carbons (Fsp3) is 0.706. The molecule has 0 saturated carbocycles. The monoisotopic (exact) mass is 398 g/mol. The summed E-state index contributed by atoms with van der Waals surface area (Å²) in [7, 11) is -3.20. The Bertz CT molecular complexity index is 778. The Hall–Kier alpha value is -1.94. The summed E-state index contributed by atoms with van der Waals surface area (Å²) in [5.41, 5.74) is 1.67. The fourth-order valence-corrected chi connectivity index (χ4v) is 4.37. The van der Waals surface area contributed by atoms with Crippen molar-refractivity contribution in [3.8, 4) is 6.01 Å². The summed E-state index contributed by atoms with van der Waals surface area (Å²) < 4.78 is 30.4. The molecular formula is C17H26N4O5S. The third-order valence-corrected chi connectivity index (χ3v) is 6.47. The lowest BCUT2D eigenvalue weighted by atomic mass is 9.92. The Morgan fingerprint density at radius 3 is 2.74 bits per heavy atom. The van der Waals surface area contributed by atoms with Crippen LogP contribution in [0.4, 0.5) is 4.79 Å². The fourth-order valence-electron chi connectivity index (χ4n) is 3.57. The van der Waals surface area contributed by atoms with Gasteiger partial charge in [-0.2, -0.15) is 9.29 Å². The highest BCUT2D eigenvalue weighted by Gasteiger charge is 2.25. The van der Waals surface area contributed by atoms with Gasteiger partial charge in [-0.1, -0.05) is 0 Å². The zero-order chi connectivity index (χ0) is 19.4. The van der Waals surface area contributed by atoms with Crippen LogP contribution in [-0.4, -0.2) is 71.3 Å². The molecule has 1 aromatic rings. The molecule has 1 amide bonds. The third-order valence-electron chi connectivity index (χ3n) is 5.22. The third kappa shape index (κ3) is 5.29. The van der Waals surface area contributed by atoms with Crippen LogP contribution in [-0.2, 0) is 23.0 Å². The molecule has 9 nitrogen and oxygen atoms in total. The normalized spacial score (nSPS) is 18.9. The van der Waals surface area contributed by atoms with Gasteiger partial charge in [-0.25, -0.2) is 18.2 Å². The molecule has 0 atom stereocenters. The number of fused-ring (bicyclic) bond motifs is 1. The molecule has 3 heterocycles. The number of nitrogens with zero attached hydrogens (tertiary/aromatic N) is 4. The molecule has 1 N–H and O–H groups in total. The average molecular weight is 398 g/mol. The molecule has 0 bridgehead atoms. The number of ether oxygens (including phenoxy) is 1. The van der Waals surface area contributed by atoms with Crippen LogP contribution in [0.5, 0.6) is 6.01 Å². The van der Waals surface area contributed by atoms with Crippen molar-refractivity contribution in [2.45, 2.75) is 38.6 Å². The predicted octanol–water partition coefficient (Wildman–Crippen LogP) is 1.34. The number of hydrogen-bond donors (Lipinski definition) is 1. The Morgan fingerprint density at radius 1 is 1.33 bits per heavy atom. The molecular weight excluding hydrogens is 372 g/mol. The number of hydrogen-bond acceptors (Lipinski definition) is 6. The minimum atomic E-state index is -3.20. The van der Waals surface area contributed by atoms with Crippen molar-refractivity contribution in [3.63, 3.8) is 0 Å². The number of sulfonamides is 1. The Labute approximate surface area is 159 Å². The average Bonchev–Trinajstić information content (AvgIpc) is 2.64. The summed E-state index contributed by atoms with van der Waals surface area (Å²) in [5.74, 6) is 0.538. The first kappa shape index (κ1) is 19.8. The maximum atomic E-state index is 11.6. The molecule has 10 heteroatoms. The number of amides is 1. The van der Waals surface area contributed by atoms with Gasteiger partial charge in [0.15, 0.2) is 0 Å². The van der Waals surface area contributed by atoms with Gasteiger partial charge in [0.25, 0.3) is 0 Å². The van der Waals surface area contributed by atoms with E-state index in [0.717, 1.165) is 36.9 Å². The quantitative estimate of drug-likeness (QED) is 0.720. The van der Waals surface area contributed by atoms with E-state index in [4.69, 9.17) is 9.84 Å². The van der Waals surface area contributed by atoms with Gasteiger partial charge in [-0.3, -0.25) is 0 Å². The number of piperidine rings is 1. The van der Waals surface area contributed by atoms with Crippen LogP contribution in [0.25, 0.3) is 0 Å². The number of carbonyl (C=O) groups is 1. The van der Waals surface area contributed by atoms with Crippen LogP contribution in [0, 0.1) is 5.92 Å². The van der Waals surface area contributed by atoms with Gasteiger partial charge < -0.3 is 14.7 Å². The standard InChI is InChI=1S/C17H26N4O5S/c1-27(24,25)21-9-6-15-14(12-21)11-18-16(19-15)26-10-2-3-13-4-7-20(8-5-13)17(22)23/h11,13H,2-10,12H2,1H3,(H,22,23). The van der Waals surface area contributed by atoms with Crippen molar-refractivity contribution < 1.29 is 23.1 Å². The van der Waals surface area contributed by atoms with Crippen molar-refractivity contribution in [2.24, 2.45) is 5.92 Å². The first-order chi connectivity index (χ1) is 12.8. The highest BCUT2D eigenvalue weighted by Crippen LogP contribution is 2.23. The van der Waals surface area contributed by atoms with E-state index < -0.39 is 16.1 Å². The van der Waals surface area contributed by atoms with E-state index in [1.165, 1.54) is 15.5 Å². The molecule has 0 aromatic carbocycles. The lowest BCUT2D eigenvalue weighted by Crippen LogP contribution is -2.37. The zero-order valence-corrected chi connectivity index (χ0v) is 16.3. The zero-order valence-electron chi connectivity index (χ0n) is 15.5. The Balaban J connectivity index is 1.42. The molecule has 0 radical (unpaired) electrons. The van der Waals surface area contributed by atoms with Gasteiger partial charge in [-0.05, 0) is 31.6 Å².